The molecule has 156 valence electrons. The highest BCUT2D eigenvalue weighted by atomic mass is 35.5. The molecular formula is C23H41ClO2Si. The molecule has 1 aromatic rings. The Labute approximate surface area is 174 Å². The zero-order chi connectivity index (χ0) is 19.8. The highest BCUT2D eigenvalue weighted by molar-refractivity contribution is 6.65. The van der Waals surface area contributed by atoms with Crippen LogP contribution in [0.25, 0.3) is 0 Å². The van der Waals surface area contributed by atoms with Crippen LogP contribution in [0, 0.1) is 0 Å². The first kappa shape index (κ1) is 24.5. The standard InChI is InChI=1S/C23H41ClO2Si/c1-4-5-6-7-8-9-10-11-12-13-14-15-18-21-25-27(2,3)26-23-20-17-16-19-22(23)24/h16-17,19-20H,4-15,18,21H2,1-3H3. The first-order valence-corrected chi connectivity index (χ1v) is 14.3. The molecule has 1 aromatic carbocycles. The Bertz CT molecular complexity index is 479. The summed E-state index contributed by atoms with van der Waals surface area (Å²) in [7, 11) is -2.16. The molecule has 0 radical (unpaired) electrons. The number of halogens is 1. The Morgan fingerprint density at radius 3 is 1.74 bits per heavy atom. The van der Waals surface area contributed by atoms with Crippen LogP contribution >= 0.6 is 11.6 Å². The van der Waals surface area contributed by atoms with Crippen LogP contribution < -0.4 is 4.43 Å². The average Bonchev–Trinajstić information content (AvgIpc) is 2.64. The van der Waals surface area contributed by atoms with Gasteiger partial charge in [-0.2, -0.15) is 0 Å². The van der Waals surface area contributed by atoms with E-state index in [2.05, 4.69) is 20.0 Å². The van der Waals surface area contributed by atoms with Crippen LogP contribution in [0.3, 0.4) is 0 Å². The fourth-order valence-corrected chi connectivity index (χ4v) is 4.90. The van der Waals surface area contributed by atoms with Gasteiger partial charge in [0.1, 0.15) is 5.75 Å². The monoisotopic (exact) mass is 412 g/mol. The van der Waals surface area contributed by atoms with Crippen molar-refractivity contribution in [1.29, 1.82) is 0 Å². The van der Waals surface area contributed by atoms with Crippen molar-refractivity contribution in [2.75, 3.05) is 6.61 Å². The number of hydrogen-bond acceptors (Lipinski definition) is 2. The molecule has 0 saturated carbocycles. The van der Waals surface area contributed by atoms with E-state index in [-0.39, 0.29) is 0 Å². The van der Waals surface area contributed by atoms with E-state index in [1.165, 1.54) is 77.0 Å². The lowest BCUT2D eigenvalue weighted by Crippen LogP contribution is -2.38. The van der Waals surface area contributed by atoms with Gasteiger partial charge in [-0.05, 0) is 31.6 Å². The normalized spacial score (nSPS) is 11.7. The van der Waals surface area contributed by atoms with Crippen LogP contribution in [0.1, 0.15) is 90.4 Å². The highest BCUT2D eigenvalue weighted by Gasteiger charge is 2.27. The van der Waals surface area contributed by atoms with Gasteiger partial charge in [-0.25, -0.2) is 0 Å². The maximum Gasteiger partial charge on any atom is 0.392 e. The Hall–Kier alpha value is -0.513. The molecule has 0 aliphatic rings. The van der Waals surface area contributed by atoms with E-state index in [9.17, 15) is 0 Å². The van der Waals surface area contributed by atoms with Crippen molar-refractivity contribution in [2.24, 2.45) is 0 Å². The van der Waals surface area contributed by atoms with Crippen LogP contribution in [0.2, 0.25) is 18.1 Å². The molecule has 0 aliphatic heterocycles. The minimum Gasteiger partial charge on any atom is -0.519 e. The number of hydrogen-bond donors (Lipinski definition) is 0. The summed E-state index contributed by atoms with van der Waals surface area (Å²) in [5, 5.41) is 0.655. The van der Waals surface area contributed by atoms with E-state index in [0.29, 0.717) is 5.02 Å². The van der Waals surface area contributed by atoms with E-state index in [1.54, 1.807) is 0 Å². The third-order valence-electron chi connectivity index (χ3n) is 4.89. The van der Waals surface area contributed by atoms with Gasteiger partial charge in [0.05, 0.1) is 5.02 Å². The molecular weight excluding hydrogens is 372 g/mol. The molecule has 0 N–H and O–H groups in total. The summed E-state index contributed by atoms with van der Waals surface area (Å²) in [5.74, 6) is 0.737. The Balaban J connectivity index is 1.93. The molecule has 0 atom stereocenters. The molecule has 4 heteroatoms. The van der Waals surface area contributed by atoms with E-state index in [0.717, 1.165) is 18.8 Å². The maximum absolute atomic E-state index is 6.16. The molecule has 0 saturated heterocycles. The predicted molar refractivity (Wildman–Crippen MR) is 121 cm³/mol. The highest BCUT2D eigenvalue weighted by Crippen LogP contribution is 2.26. The lowest BCUT2D eigenvalue weighted by molar-refractivity contribution is 0.241. The molecule has 0 unspecified atom stereocenters. The second kappa shape index (κ2) is 15.4. The zero-order valence-corrected chi connectivity index (χ0v) is 19.7. The smallest absolute Gasteiger partial charge is 0.392 e. The molecule has 1 rings (SSSR count). The lowest BCUT2D eigenvalue weighted by Gasteiger charge is -2.24. The number of unbranched alkanes of at least 4 members (excludes halogenated alkanes) is 12. The van der Waals surface area contributed by atoms with E-state index in [1.807, 2.05) is 24.3 Å². The van der Waals surface area contributed by atoms with Gasteiger partial charge < -0.3 is 8.85 Å². The van der Waals surface area contributed by atoms with Crippen LogP contribution in [0.15, 0.2) is 24.3 Å². The third-order valence-corrected chi connectivity index (χ3v) is 6.81. The molecule has 0 fully saturated rings. The van der Waals surface area contributed by atoms with Crippen LogP contribution in [0.4, 0.5) is 0 Å². The molecule has 0 spiro atoms. The largest absolute Gasteiger partial charge is 0.519 e. The molecule has 2 nitrogen and oxygen atoms in total. The molecule has 27 heavy (non-hydrogen) atoms. The summed E-state index contributed by atoms with van der Waals surface area (Å²) in [6.45, 7) is 7.24. The minimum absolute atomic E-state index is 0.655. The van der Waals surface area contributed by atoms with Gasteiger partial charge in [0, 0.05) is 6.61 Å². The third kappa shape index (κ3) is 13.3. The van der Waals surface area contributed by atoms with Crippen molar-refractivity contribution in [3.05, 3.63) is 29.3 Å². The van der Waals surface area contributed by atoms with Crippen molar-refractivity contribution in [2.45, 2.75) is 103 Å². The topological polar surface area (TPSA) is 18.5 Å². The minimum atomic E-state index is -2.16. The molecule has 0 aromatic heterocycles. The van der Waals surface area contributed by atoms with Crippen LogP contribution in [0.5, 0.6) is 5.75 Å². The van der Waals surface area contributed by atoms with Gasteiger partial charge in [-0.3, -0.25) is 0 Å². The Morgan fingerprint density at radius 1 is 0.741 bits per heavy atom. The quantitative estimate of drug-likeness (QED) is 0.188. The van der Waals surface area contributed by atoms with Gasteiger partial charge in [0.2, 0.25) is 0 Å². The van der Waals surface area contributed by atoms with Gasteiger partial charge in [0.25, 0.3) is 0 Å². The average molecular weight is 413 g/mol. The van der Waals surface area contributed by atoms with Gasteiger partial charge in [-0.15, -0.1) is 0 Å². The van der Waals surface area contributed by atoms with E-state index >= 15 is 0 Å². The second-order valence-corrected chi connectivity index (χ2v) is 11.7. The zero-order valence-electron chi connectivity index (χ0n) is 17.9. The molecule has 0 aliphatic carbocycles. The summed E-state index contributed by atoms with van der Waals surface area (Å²) in [5.41, 5.74) is 0. The first-order chi connectivity index (χ1) is 13.0. The van der Waals surface area contributed by atoms with E-state index < -0.39 is 8.56 Å². The van der Waals surface area contributed by atoms with Crippen molar-refractivity contribution in [3.8, 4) is 5.75 Å². The Morgan fingerprint density at radius 2 is 1.22 bits per heavy atom. The summed E-state index contributed by atoms with van der Waals surface area (Å²) in [6.07, 6.45) is 17.8. The second-order valence-electron chi connectivity index (χ2n) is 8.02. The number of para-hydroxylation sites is 1. The van der Waals surface area contributed by atoms with Crippen LogP contribution in [-0.4, -0.2) is 15.2 Å². The molecule has 0 bridgehead atoms. The van der Waals surface area contributed by atoms with Crippen molar-refractivity contribution in [3.63, 3.8) is 0 Å². The van der Waals surface area contributed by atoms with E-state index in [4.69, 9.17) is 20.5 Å². The maximum atomic E-state index is 6.16. The SMILES string of the molecule is CCCCCCCCCCCCCCCO[Si](C)(C)Oc1ccccc1Cl. The fraction of sp³-hybridized carbons (Fsp3) is 0.739. The Kier molecular flexibility index (Phi) is 14.0. The first-order valence-electron chi connectivity index (χ1n) is 11.1. The summed E-state index contributed by atoms with van der Waals surface area (Å²) >= 11 is 6.16. The summed E-state index contributed by atoms with van der Waals surface area (Å²) < 4.78 is 12.1. The summed E-state index contributed by atoms with van der Waals surface area (Å²) in [4.78, 5) is 0. The molecule has 0 amide bonds. The molecule has 0 heterocycles. The van der Waals surface area contributed by atoms with Crippen molar-refractivity contribution >= 4 is 20.2 Å². The van der Waals surface area contributed by atoms with Crippen molar-refractivity contribution in [1.82, 2.24) is 0 Å². The fourth-order valence-electron chi connectivity index (χ4n) is 3.26. The van der Waals surface area contributed by atoms with Crippen molar-refractivity contribution < 1.29 is 8.85 Å². The van der Waals surface area contributed by atoms with Gasteiger partial charge >= 0.3 is 8.56 Å². The summed E-state index contributed by atoms with van der Waals surface area (Å²) in [6, 6.07) is 7.62. The number of rotatable bonds is 17. The van der Waals surface area contributed by atoms with Crippen LogP contribution in [-0.2, 0) is 4.43 Å². The number of benzene rings is 1. The lowest BCUT2D eigenvalue weighted by atomic mass is 10.0. The predicted octanol–water partition coefficient (Wildman–Crippen LogP) is 8.53. The van der Waals surface area contributed by atoms with Gasteiger partial charge in [-0.1, -0.05) is 108 Å². The van der Waals surface area contributed by atoms with Gasteiger partial charge in [0.15, 0.2) is 0 Å².